The second kappa shape index (κ2) is 7.06. The van der Waals surface area contributed by atoms with E-state index in [0.29, 0.717) is 0 Å². The van der Waals surface area contributed by atoms with Gasteiger partial charge in [0.2, 0.25) is 0 Å². The number of aryl methyl sites for hydroxylation is 2. The van der Waals surface area contributed by atoms with E-state index in [1.807, 2.05) is 0 Å². The van der Waals surface area contributed by atoms with Gasteiger partial charge in [-0.2, -0.15) is 5.10 Å². The SMILES string of the molecule is CCCNCc1c(C)nn(CCC(C)(C)OC)c1C. The highest BCUT2D eigenvalue weighted by molar-refractivity contribution is 5.24. The molecule has 0 aromatic carbocycles. The molecular formula is C15H29N3O. The van der Waals surface area contributed by atoms with Crippen LogP contribution in [0.15, 0.2) is 0 Å². The van der Waals surface area contributed by atoms with Crippen LogP contribution in [-0.4, -0.2) is 29.0 Å². The van der Waals surface area contributed by atoms with Crippen LogP contribution in [0.5, 0.6) is 0 Å². The standard InChI is InChI=1S/C15H29N3O/c1-7-9-16-11-14-12(2)17-18(13(14)3)10-8-15(4,5)19-6/h16H,7-11H2,1-6H3. The molecule has 0 saturated carbocycles. The van der Waals surface area contributed by atoms with Crippen LogP contribution in [0, 0.1) is 13.8 Å². The number of aromatic nitrogens is 2. The molecule has 4 heteroatoms. The van der Waals surface area contributed by atoms with Gasteiger partial charge in [0.15, 0.2) is 0 Å². The monoisotopic (exact) mass is 267 g/mol. The largest absolute Gasteiger partial charge is 0.379 e. The molecule has 19 heavy (non-hydrogen) atoms. The lowest BCUT2D eigenvalue weighted by atomic mass is 10.1. The second-order valence-electron chi connectivity index (χ2n) is 5.76. The highest BCUT2D eigenvalue weighted by Crippen LogP contribution is 2.17. The van der Waals surface area contributed by atoms with Crippen molar-refractivity contribution in [3.63, 3.8) is 0 Å². The molecule has 0 radical (unpaired) electrons. The van der Waals surface area contributed by atoms with Crippen molar-refractivity contribution >= 4 is 0 Å². The number of nitrogens with zero attached hydrogens (tertiary/aromatic N) is 2. The van der Waals surface area contributed by atoms with Crippen LogP contribution < -0.4 is 5.32 Å². The number of hydrogen-bond acceptors (Lipinski definition) is 3. The summed E-state index contributed by atoms with van der Waals surface area (Å²) in [6.45, 7) is 13.5. The second-order valence-corrected chi connectivity index (χ2v) is 5.76. The van der Waals surface area contributed by atoms with Crippen LogP contribution >= 0.6 is 0 Å². The zero-order chi connectivity index (χ0) is 14.5. The van der Waals surface area contributed by atoms with Crippen molar-refractivity contribution in [2.45, 2.75) is 66.2 Å². The predicted octanol–water partition coefficient (Wildman–Crippen LogP) is 2.81. The average molecular weight is 267 g/mol. The fourth-order valence-corrected chi connectivity index (χ4v) is 2.07. The Hall–Kier alpha value is -0.870. The van der Waals surface area contributed by atoms with Crippen LogP contribution in [0.2, 0.25) is 0 Å². The van der Waals surface area contributed by atoms with E-state index < -0.39 is 0 Å². The molecule has 0 aliphatic carbocycles. The number of ether oxygens (including phenoxy) is 1. The molecule has 0 fully saturated rings. The van der Waals surface area contributed by atoms with E-state index in [1.165, 1.54) is 11.3 Å². The summed E-state index contributed by atoms with van der Waals surface area (Å²) in [6.07, 6.45) is 2.13. The smallest absolute Gasteiger partial charge is 0.0641 e. The van der Waals surface area contributed by atoms with Gasteiger partial charge in [0.25, 0.3) is 0 Å². The van der Waals surface area contributed by atoms with Crippen molar-refractivity contribution < 1.29 is 4.74 Å². The summed E-state index contributed by atoms with van der Waals surface area (Å²) in [5.74, 6) is 0. The first kappa shape index (κ1) is 16.2. The Kier molecular flexibility index (Phi) is 6.01. The molecule has 1 aromatic heterocycles. The summed E-state index contributed by atoms with van der Waals surface area (Å²) in [4.78, 5) is 0. The third-order valence-electron chi connectivity index (χ3n) is 3.74. The molecule has 0 aliphatic rings. The summed E-state index contributed by atoms with van der Waals surface area (Å²) in [5, 5.41) is 8.10. The van der Waals surface area contributed by atoms with E-state index in [1.54, 1.807) is 7.11 Å². The van der Waals surface area contributed by atoms with E-state index >= 15 is 0 Å². The van der Waals surface area contributed by atoms with Crippen LogP contribution in [0.1, 0.15) is 50.6 Å². The Bertz CT molecular complexity index is 396. The third kappa shape index (κ3) is 4.62. The minimum Gasteiger partial charge on any atom is -0.379 e. The fraction of sp³-hybridized carbons (Fsp3) is 0.800. The van der Waals surface area contributed by atoms with Gasteiger partial charge in [-0.25, -0.2) is 0 Å². The van der Waals surface area contributed by atoms with E-state index in [4.69, 9.17) is 4.74 Å². The first-order chi connectivity index (χ1) is 8.91. The zero-order valence-corrected chi connectivity index (χ0v) is 13.3. The first-order valence-electron chi connectivity index (χ1n) is 7.20. The fourth-order valence-electron chi connectivity index (χ4n) is 2.07. The first-order valence-corrected chi connectivity index (χ1v) is 7.20. The number of nitrogens with one attached hydrogen (secondary N) is 1. The van der Waals surface area contributed by atoms with Gasteiger partial charge < -0.3 is 10.1 Å². The summed E-state index contributed by atoms with van der Waals surface area (Å²) < 4.78 is 7.57. The van der Waals surface area contributed by atoms with E-state index in [2.05, 4.69) is 49.7 Å². The minimum absolute atomic E-state index is 0.0904. The molecule has 1 heterocycles. The molecule has 0 amide bonds. The number of hydrogen-bond donors (Lipinski definition) is 1. The van der Waals surface area contributed by atoms with Gasteiger partial charge in [-0.05, 0) is 47.1 Å². The van der Waals surface area contributed by atoms with Crippen molar-refractivity contribution in [1.29, 1.82) is 0 Å². The van der Waals surface area contributed by atoms with Crippen molar-refractivity contribution in [3.8, 4) is 0 Å². The maximum Gasteiger partial charge on any atom is 0.0641 e. The molecule has 0 saturated heterocycles. The number of methoxy groups -OCH3 is 1. The lowest BCUT2D eigenvalue weighted by molar-refractivity contribution is 0.0112. The van der Waals surface area contributed by atoms with Crippen molar-refractivity contribution in [2.75, 3.05) is 13.7 Å². The summed E-state index contributed by atoms with van der Waals surface area (Å²) in [5.41, 5.74) is 3.65. The lowest BCUT2D eigenvalue weighted by Crippen LogP contribution is -2.25. The quantitative estimate of drug-likeness (QED) is 0.736. The summed E-state index contributed by atoms with van der Waals surface area (Å²) >= 11 is 0. The van der Waals surface area contributed by atoms with E-state index in [0.717, 1.165) is 38.2 Å². The molecule has 1 N–H and O–H groups in total. The van der Waals surface area contributed by atoms with Gasteiger partial charge in [0.05, 0.1) is 11.3 Å². The van der Waals surface area contributed by atoms with Gasteiger partial charge >= 0.3 is 0 Å². The molecule has 110 valence electrons. The number of rotatable bonds is 8. The normalized spacial score (nSPS) is 12.1. The molecule has 0 bridgehead atoms. The lowest BCUT2D eigenvalue weighted by Gasteiger charge is -2.22. The van der Waals surface area contributed by atoms with Gasteiger partial charge in [-0.1, -0.05) is 6.92 Å². The Morgan fingerprint density at radius 1 is 1.32 bits per heavy atom. The molecule has 1 rings (SSSR count). The average Bonchev–Trinajstić information content (AvgIpc) is 2.64. The molecule has 0 atom stereocenters. The minimum atomic E-state index is -0.0904. The Labute approximate surface area is 117 Å². The molecule has 1 aromatic rings. The van der Waals surface area contributed by atoms with Crippen molar-refractivity contribution in [2.24, 2.45) is 0 Å². The third-order valence-corrected chi connectivity index (χ3v) is 3.74. The summed E-state index contributed by atoms with van der Waals surface area (Å²) in [7, 11) is 1.77. The van der Waals surface area contributed by atoms with Gasteiger partial charge in [0, 0.05) is 31.5 Å². The molecule has 0 aliphatic heterocycles. The van der Waals surface area contributed by atoms with Gasteiger partial charge in [-0.15, -0.1) is 0 Å². The highest BCUT2D eigenvalue weighted by atomic mass is 16.5. The molecular weight excluding hydrogens is 238 g/mol. The van der Waals surface area contributed by atoms with E-state index in [9.17, 15) is 0 Å². The molecule has 0 spiro atoms. The topological polar surface area (TPSA) is 39.1 Å². The highest BCUT2D eigenvalue weighted by Gasteiger charge is 2.18. The van der Waals surface area contributed by atoms with Crippen molar-refractivity contribution in [1.82, 2.24) is 15.1 Å². The Morgan fingerprint density at radius 2 is 2.00 bits per heavy atom. The Morgan fingerprint density at radius 3 is 2.58 bits per heavy atom. The maximum atomic E-state index is 5.46. The van der Waals surface area contributed by atoms with Gasteiger partial charge in [0.1, 0.15) is 0 Å². The van der Waals surface area contributed by atoms with Crippen molar-refractivity contribution in [3.05, 3.63) is 17.0 Å². The van der Waals surface area contributed by atoms with Crippen LogP contribution in [-0.2, 0) is 17.8 Å². The van der Waals surface area contributed by atoms with E-state index in [-0.39, 0.29) is 5.60 Å². The zero-order valence-electron chi connectivity index (χ0n) is 13.3. The molecule has 4 nitrogen and oxygen atoms in total. The predicted molar refractivity (Wildman–Crippen MR) is 79.4 cm³/mol. The van der Waals surface area contributed by atoms with Crippen LogP contribution in [0.3, 0.4) is 0 Å². The van der Waals surface area contributed by atoms with Crippen LogP contribution in [0.4, 0.5) is 0 Å². The maximum absolute atomic E-state index is 5.46. The van der Waals surface area contributed by atoms with Crippen LogP contribution in [0.25, 0.3) is 0 Å². The Balaban J connectivity index is 2.68. The van der Waals surface area contributed by atoms with Gasteiger partial charge in [-0.3, -0.25) is 4.68 Å². The summed E-state index contributed by atoms with van der Waals surface area (Å²) in [6, 6.07) is 0. The molecule has 0 unspecified atom stereocenters.